The van der Waals surface area contributed by atoms with Crippen LogP contribution < -0.4 is 5.73 Å². The predicted molar refractivity (Wildman–Crippen MR) is 94.5 cm³/mol. The first-order chi connectivity index (χ1) is 9.11. The molecule has 0 saturated carbocycles. The summed E-state index contributed by atoms with van der Waals surface area (Å²) in [5, 5.41) is 10.0. The van der Waals surface area contributed by atoms with Crippen molar-refractivity contribution in [1.82, 2.24) is 0 Å². The molecule has 0 amide bonds. The van der Waals surface area contributed by atoms with Crippen molar-refractivity contribution in [3.63, 3.8) is 0 Å². The molecule has 4 nitrogen and oxygen atoms in total. The summed E-state index contributed by atoms with van der Waals surface area (Å²) in [5.74, 6) is 0. The molecule has 0 radical (unpaired) electrons. The molecule has 0 aliphatic rings. The van der Waals surface area contributed by atoms with Crippen LogP contribution in [0.2, 0.25) is 0 Å². The van der Waals surface area contributed by atoms with Gasteiger partial charge in [-0.15, -0.1) is 0 Å². The van der Waals surface area contributed by atoms with Gasteiger partial charge in [0, 0.05) is 22.1 Å². The van der Waals surface area contributed by atoms with Gasteiger partial charge in [0.25, 0.3) is 5.69 Å². The summed E-state index contributed by atoms with van der Waals surface area (Å²) in [7, 11) is 0. The van der Waals surface area contributed by atoms with Crippen molar-refractivity contribution in [3.8, 4) is 0 Å². The molecule has 20 heavy (non-hydrogen) atoms. The van der Waals surface area contributed by atoms with Crippen LogP contribution in [-0.4, -0.2) is 9.24 Å². The van der Waals surface area contributed by atoms with Crippen LogP contribution >= 0.6 is 37.9 Å². The van der Waals surface area contributed by atoms with Gasteiger partial charge >= 0.3 is 0 Å². The highest BCUT2D eigenvalue weighted by molar-refractivity contribution is 7.93. The van der Waals surface area contributed by atoms with Crippen LogP contribution in [0.4, 0.5) is 11.4 Å². The van der Waals surface area contributed by atoms with E-state index in [9.17, 15) is 10.1 Å². The molecule has 0 atom stereocenters. The second kappa shape index (κ2) is 13.6. The summed E-state index contributed by atoms with van der Waals surface area (Å²) >= 11 is 7.92. The largest absolute Gasteiger partial charge is 0.399 e. The van der Waals surface area contributed by atoms with E-state index in [1.807, 2.05) is 34.6 Å². The summed E-state index contributed by atoms with van der Waals surface area (Å²) in [6.07, 6.45) is 0. The van der Waals surface area contributed by atoms with E-state index in [4.69, 9.17) is 5.73 Å². The Labute approximate surface area is 135 Å². The number of benzene rings is 2. The van der Waals surface area contributed by atoms with Gasteiger partial charge < -0.3 is 5.73 Å². The lowest BCUT2D eigenvalue weighted by Crippen LogP contribution is -1.84. The van der Waals surface area contributed by atoms with Crippen molar-refractivity contribution >= 4 is 53.6 Å². The Morgan fingerprint density at radius 1 is 0.950 bits per heavy atom. The number of nitrogens with zero attached hydrogens (tertiary/aromatic N) is 1. The minimum atomic E-state index is -0.417. The van der Waals surface area contributed by atoms with Gasteiger partial charge in [0.15, 0.2) is 0 Å². The Balaban J connectivity index is 0. The fourth-order valence-electron chi connectivity index (χ4n) is 1.00. The maximum atomic E-state index is 10.0. The number of hydrogen-bond acceptors (Lipinski definition) is 5. The zero-order valence-corrected chi connectivity index (χ0v) is 13.1. The molecule has 2 aromatic carbocycles. The van der Waals surface area contributed by atoms with Crippen LogP contribution in [-0.2, 0) is 0 Å². The Kier molecular flexibility index (Phi) is 14.0. The van der Waals surface area contributed by atoms with Crippen molar-refractivity contribution in [2.75, 3.05) is 5.73 Å². The lowest BCUT2D eigenvalue weighted by molar-refractivity contribution is -0.384. The molecule has 106 valence electrons. The molecule has 0 aromatic heterocycles. The van der Waals surface area contributed by atoms with Crippen molar-refractivity contribution in [1.29, 1.82) is 0 Å². The second-order valence-electron chi connectivity index (χ2n) is 3.09. The molecule has 0 heterocycles. The molecule has 0 aliphatic carbocycles. The quantitative estimate of drug-likeness (QED) is 0.371. The molecular weight excluding hydrogens is 312 g/mol. The number of nitro groups is 1. The predicted octanol–water partition coefficient (Wildman–Crippen LogP) is 3.99. The SMILES string of the molecule is Nc1ccccc1.O=[N+]([O-])c1ccccc1.S.S=C=S. The van der Waals surface area contributed by atoms with E-state index in [1.165, 1.54) is 12.1 Å². The van der Waals surface area contributed by atoms with E-state index in [0.717, 1.165) is 5.69 Å². The summed E-state index contributed by atoms with van der Waals surface area (Å²) in [6, 6.07) is 17.4. The van der Waals surface area contributed by atoms with E-state index in [2.05, 4.69) is 24.4 Å². The standard InChI is InChI=1S/C6H5NO2.C6H7N.CS2.H2S/c8-7(9)6-4-2-1-3-5-6;7-6-4-2-1-3-5-6;2-1-3;/h1-5H;1-5H,7H2;;1H2. The van der Waals surface area contributed by atoms with Crippen molar-refractivity contribution in [3.05, 3.63) is 70.8 Å². The number of nitro benzene ring substituents is 1. The van der Waals surface area contributed by atoms with Crippen LogP contribution in [0, 0.1) is 10.1 Å². The Morgan fingerprint density at radius 2 is 1.30 bits per heavy atom. The first-order valence-electron chi connectivity index (χ1n) is 5.11. The zero-order chi connectivity index (χ0) is 14.5. The van der Waals surface area contributed by atoms with Crippen molar-refractivity contribution in [2.24, 2.45) is 0 Å². The summed E-state index contributed by atoms with van der Waals surface area (Å²) in [4.78, 5) is 9.59. The number of anilines is 1. The molecule has 2 aromatic rings. The molecule has 0 saturated heterocycles. The lowest BCUT2D eigenvalue weighted by Gasteiger charge is -1.85. The van der Waals surface area contributed by atoms with Gasteiger partial charge in [0.1, 0.15) is 0 Å². The normalized spacial score (nSPS) is 7.40. The Hall–Kier alpha value is -1.79. The van der Waals surface area contributed by atoms with Crippen LogP contribution in [0.1, 0.15) is 0 Å². The van der Waals surface area contributed by atoms with Gasteiger partial charge in [-0.2, -0.15) is 13.5 Å². The molecule has 0 aliphatic heterocycles. The van der Waals surface area contributed by atoms with Gasteiger partial charge in [0.2, 0.25) is 0 Å². The minimum absolute atomic E-state index is 0. The molecule has 0 bridgehead atoms. The zero-order valence-electron chi connectivity index (χ0n) is 10.4. The van der Waals surface area contributed by atoms with Crippen molar-refractivity contribution < 1.29 is 4.92 Å². The maximum Gasteiger partial charge on any atom is 0.269 e. The number of nitrogens with two attached hydrogens (primary N) is 1. The van der Waals surface area contributed by atoms with Gasteiger partial charge in [-0.25, -0.2) is 0 Å². The highest BCUT2D eigenvalue weighted by Crippen LogP contribution is 2.06. The number of nitrogen functional groups attached to an aromatic ring is 1. The molecule has 0 spiro atoms. The summed E-state index contributed by atoms with van der Waals surface area (Å²) in [5.41, 5.74) is 6.32. The molecule has 2 rings (SSSR count). The monoisotopic (exact) mass is 326 g/mol. The third-order valence-corrected chi connectivity index (χ3v) is 1.77. The molecular formula is C13H14N2O2S3. The maximum absolute atomic E-state index is 10.0. The van der Waals surface area contributed by atoms with Gasteiger partial charge in [0.05, 0.1) is 4.92 Å². The minimum Gasteiger partial charge on any atom is -0.399 e. The number of thiocarbonyl (C=S) groups is 2. The van der Waals surface area contributed by atoms with Crippen molar-refractivity contribution in [2.45, 2.75) is 0 Å². The lowest BCUT2D eigenvalue weighted by atomic mass is 10.3. The van der Waals surface area contributed by atoms with Crippen LogP contribution in [0.3, 0.4) is 0 Å². The highest BCUT2D eigenvalue weighted by atomic mass is 32.1. The molecule has 2 N–H and O–H groups in total. The van der Waals surface area contributed by atoms with E-state index in [0.29, 0.717) is 0 Å². The van der Waals surface area contributed by atoms with E-state index in [1.54, 1.807) is 18.2 Å². The van der Waals surface area contributed by atoms with E-state index in [-0.39, 0.29) is 19.2 Å². The topological polar surface area (TPSA) is 69.2 Å². The molecule has 0 fully saturated rings. The average Bonchev–Trinajstić information content (AvgIpc) is 2.42. The fourth-order valence-corrected chi connectivity index (χ4v) is 1.00. The molecule has 7 heteroatoms. The Morgan fingerprint density at radius 3 is 1.50 bits per heavy atom. The number of non-ortho nitro benzene ring substituents is 1. The van der Waals surface area contributed by atoms with E-state index >= 15 is 0 Å². The average molecular weight is 326 g/mol. The number of hydrogen-bond donors (Lipinski definition) is 1. The fraction of sp³-hybridized carbons (Fsp3) is 0. The van der Waals surface area contributed by atoms with Gasteiger partial charge in [-0.05, 0) is 36.6 Å². The first-order valence-corrected chi connectivity index (χ1v) is 5.92. The summed E-state index contributed by atoms with van der Waals surface area (Å²) in [6.45, 7) is 0. The van der Waals surface area contributed by atoms with Gasteiger partial charge in [-0.1, -0.05) is 36.4 Å². The number of para-hydroxylation sites is 2. The Bertz CT molecular complexity index is 516. The highest BCUT2D eigenvalue weighted by Gasteiger charge is 1.98. The third-order valence-electron chi connectivity index (χ3n) is 1.77. The van der Waals surface area contributed by atoms with Crippen LogP contribution in [0.25, 0.3) is 0 Å². The van der Waals surface area contributed by atoms with E-state index < -0.39 is 4.92 Å². The van der Waals surface area contributed by atoms with Crippen LogP contribution in [0.15, 0.2) is 60.7 Å². The number of rotatable bonds is 1. The van der Waals surface area contributed by atoms with Gasteiger partial charge in [-0.3, -0.25) is 10.1 Å². The van der Waals surface area contributed by atoms with Crippen LogP contribution in [0.5, 0.6) is 0 Å². The molecule has 0 unspecified atom stereocenters. The second-order valence-corrected chi connectivity index (χ2v) is 3.75. The summed E-state index contributed by atoms with van der Waals surface area (Å²) < 4.78 is 1.92. The smallest absolute Gasteiger partial charge is 0.269 e. The first kappa shape index (κ1) is 20.5. The third kappa shape index (κ3) is 11.3.